The monoisotopic (exact) mass is 380 g/mol. The standard InChI is InChI=1S/C18H24N2O3S2/c1-3-16-17(21)20(14-7-5-4-6-8-14)18(24-16)19-25(22,23)15-11-9-13(2)10-12-15/h9-12,14,16H,3-8H2,1-2H3/t16-/m1/s1. The molecular weight excluding hydrogens is 356 g/mol. The molecule has 0 bridgehead atoms. The molecule has 5 nitrogen and oxygen atoms in total. The highest BCUT2D eigenvalue weighted by atomic mass is 32.2. The molecule has 2 fully saturated rings. The van der Waals surface area contributed by atoms with Gasteiger partial charge in [-0.3, -0.25) is 9.69 Å². The number of sulfonamides is 1. The zero-order valence-electron chi connectivity index (χ0n) is 14.6. The van der Waals surface area contributed by atoms with E-state index in [0.717, 1.165) is 31.2 Å². The van der Waals surface area contributed by atoms with Crippen molar-refractivity contribution in [2.75, 3.05) is 0 Å². The van der Waals surface area contributed by atoms with Crippen molar-refractivity contribution in [1.29, 1.82) is 0 Å². The number of hydrogen-bond acceptors (Lipinski definition) is 4. The SMILES string of the molecule is CC[C@H]1SC(=NS(=O)(=O)c2ccc(C)cc2)N(C2CCCCC2)C1=O. The number of aryl methyl sites for hydroxylation is 1. The molecular formula is C18H24N2O3S2. The molecule has 1 aromatic carbocycles. The fourth-order valence-corrected chi connectivity index (χ4v) is 5.68. The average molecular weight is 381 g/mol. The maximum absolute atomic E-state index is 12.7. The van der Waals surface area contributed by atoms with E-state index in [4.69, 9.17) is 0 Å². The summed E-state index contributed by atoms with van der Waals surface area (Å²) in [6, 6.07) is 6.73. The van der Waals surface area contributed by atoms with Crippen molar-refractivity contribution in [2.24, 2.45) is 4.40 Å². The van der Waals surface area contributed by atoms with Crippen molar-refractivity contribution in [3.8, 4) is 0 Å². The Bertz CT molecular complexity index is 766. The minimum absolute atomic E-state index is 0.0113. The van der Waals surface area contributed by atoms with Gasteiger partial charge in [0.25, 0.3) is 10.0 Å². The molecule has 2 aliphatic rings. The minimum atomic E-state index is -3.81. The Morgan fingerprint density at radius 3 is 2.40 bits per heavy atom. The van der Waals surface area contributed by atoms with Gasteiger partial charge in [0.1, 0.15) is 0 Å². The Hall–Kier alpha value is -1.34. The molecule has 1 atom stereocenters. The Morgan fingerprint density at radius 1 is 1.16 bits per heavy atom. The molecule has 0 N–H and O–H groups in total. The lowest BCUT2D eigenvalue weighted by Crippen LogP contribution is -2.42. The van der Waals surface area contributed by atoms with Gasteiger partial charge in [0.05, 0.1) is 10.1 Å². The van der Waals surface area contributed by atoms with E-state index in [1.165, 1.54) is 18.2 Å². The highest BCUT2D eigenvalue weighted by Crippen LogP contribution is 2.36. The molecule has 3 rings (SSSR count). The van der Waals surface area contributed by atoms with Gasteiger partial charge in [-0.25, -0.2) is 0 Å². The summed E-state index contributed by atoms with van der Waals surface area (Å²) >= 11 is 1.29. The van der Waals surface area contributed by atoms with E-state index in [9.17, 15) is 13.2 Å². The Labute approximate surface area is 153 Å². The third kappa shape index (κ3) is 3.92. The van der Waals surface area contributed by atoms with Gasteiger partial charge in [0, 0.05) is 6.04 Å². The first-order chi connectivity index (χ1) is 11.9. The summed E-state index contributed by atoms with van der Waals surface area (Å²) < 4.78 is 29.5. The van der Waals surface area contributed by atoms with Crippen LogP contribution in [0, 0.1) is 6.92 Å². The Balaban J connectivity index is 1.95. The number of rotatable bonds is 4. The van der Waals surface area contributed by atoms with Crippen molar-refractivity contribution in [3.05, 3.63) is 29.8 Å². The van der Waals surface area contributed by atoms with E-state index < -0.39 is 10.0 Å². The molecule has 1 aromatic rings. The highest BCUT2D eigenvalue weighted by Gasteiger charge is 2.42. The van der Waals surface area contributed by atoms with Gasteiger partial charge >= 0.3 is 0 Å². The summed E-state index contributed by atoms with van der Waals surface area (Å²) in [7, 11) is -3.81. The van der Waals surface area contributed by atoms with E-state index >= 15 is 0 Å². The third-order valence-corrected chi connectivity index (χ3v) is 7.51. The lowest BCUT2D eigenvalue weighted by atomic mass is 9.94. The topological polar surface area (TPSA) is 66.8 Å². The smallest absolute Gasteiger partial charge is 0.284 e. The molecule has 136 valence electrons. The molecule has 0 unspecified atom stereocenters. The van der Waals surface area contributed by atoms with Crippen LogP contribution in [0.4, 0.5) is 0 Å². The molecule has 0 spiro atoms. The first-order valence-electron chi connectivity index (χ1n) is 8.83. The number of carbonyl (C=O) groups is 1. The van der Waals surface area contributed by atoms with Crippen molar-refractivity contribution in [1.82, 2.24) is 4.90 Å². The Kier molecular flexibility index (Phi) is 5.53. The molecule has 7 heteroatoms. The Morgan fingerprint density at radius 2 is 1.80 bits per heavy atom. The van der Waals surface area contributed by atoms with Gasteiger partial charge in [-0.15, -0.1) is 4.40 Å². The fraction of sp³-hybridized carbons (Fsp3) is 0.556. The second kappa shape index (κ2) is 7.50. The molecule has 1 saturated carbocycles. The number of hydrogen-bond donors (Lipinski definition) is 0. The maximum Gasteiger partial charge on any atom is 0.284 e. The van der Waals surface area contributed by atoms with Crippen LogP contribution < -0.4 is 0 Å². The normalized spacial score (nSPS) is 24.2. The number of amides is 1. The second-order valence-electron chi connectivity index (χ2n) is 6.68. The molecule has 1 amide bonds. The molecule has 0 aromatic heterocycles. The molecule has 1 aliphatic carbocycles. The van der Waals surface area contributed by atoms with Crippen LogP contribution in [0.1, 0.15) is 51.0 Å². The van der Waals surface area contributed by atoms with Gasteiger partial charge < -0.3 is 0 Å². The number of amidine groups is 1. The number of thioether (sulfide) groups is 1. The van der Waals surface area contributed by atoms with E-state index in [2.05, 4.69) is 4.40 Å². The van der Waals surface area contributed by atoms with Gasteiger partial charge in [0.2, 0.25) is 5.91 Å². The molecule has 1 heterocycles. The van der Waals surface area contributed by atoms with E-state index in [0.29, 0.717) is 11.6 Å². The fourth-order valence-electron chi connectivity index (χ4n) is 3.35. The minimum Gasteiger partial charge on any atom is -0.287 e. The zero-order chi connectivity index (χ0) is 18.0. The summed E-state index contributed by atoms with van der Waals surface area (Å²) in [4.78, 5) is 14.6. The van der Waals surface area contributed by atoms with Crippen LogP contribution in [0.3, 0.4) is 0 Å². The van der Waals surface area contributed by atoms with Crippen LogP contribution in [0.15, 0.2) is 33.6 Å². The quantitative estimate of drug-likeness (QED) is 0.798. The first kappa shape index (κ1) is 18.5. The predicted octanol–water partition coefficient (Wildman–Crippen LogP) is 3.73. The van der Waals surface area contributed by atoms with Gasteiger partial charge in [-0.05, 0) is 38.3 Å². The molecule has 1 saturated heterocycles. The van der Waals surface area contributed by atoms with Crippen LogP contribution in [0.25, 0.3) is 0 Å². The lowest BCUT2D eigenvalue weighted by Gasteiger charge is -2.30. The number of carbonyl (C=O) groups excluding carboxylic acids is 1. The van der Waals surface area contributed by atoms with Crippen LogP contribution in [-0.4, -0.2) is 35.7 Å². The molecule has 0 radical (unpaired) electrons. The maximum atomic E-state index is 12.7. The zero-order valence-corrected chi connectivity index (χ0v) is 16.3. The number of benzene rings is 1. The third-order valence-electron chi connectivity index (χ3n) is 4.79. The summed E-state index contributed by atoms with van der Waals surface area (Å²) in [6.45, 7) is 3.86. The van der Waals surface area contributed by atoms with Crippen LogP contribution >= 0.6 is 11.8 Å². The number of nitrogens with zero attached hydrogens (tertiary/aromatic N) is 2. The van der Waals surface area contributed by atoms with Crippen molar-refractivity contribution < 1.29 is 13.2 Å². The van der Waals surface area contributed by atoms with Crippen molar-refractivity contribution in [2.45, 2.75) is 68.6 Å². The van der Waals surface area contributed by atoms with E-state index in [1.807, 2.05) is 13.8 Å². The van der Waals surface area contributed by atoms with E-state index in [1.54, 1.807) is 29.2 Å². The van der Waals surface area contributed by atoms with Gasteiger partial charge in [0.15, 0.2) is 5.17 Å². The lowest BCUT2D eigenvalue weighted by molar-refractivity contribution is -0.128. The first-order valence-corrected chi connectivity index (χ1v) is 11.2. The van der Waals surface area contributed by atoms with Crippen LogP contribution in [0.5, 0.6) is 0 Å². The van der Waals surface area contributed by atoms with E-state index in [-0.39, 0.29) is 22.1 Å². The summed E-state index contributed by atoms with van der Waals surface area (Å²) in [5.41, 5.74) is 0.993. The van der Waals surface area contributed by atoms with Crippen LogP contribution in [0.2, 0.25) is 0 Å². The average Bonchev–Trinajstić information content (AvgIpc) is 2.90. The summed E-state index contributed by atoms with van der Waals surface area (Å²) in [5.74, 6) is 0.0113. The van der Waals surface area contributed by atoms with Gasteiger partial charge in [-0.1, -0.05) is 55.6 Å². The summed E-state index contributed by atoms with van der Waals surface area (Å²) in [5, 5.41) is 0.123. The highest BCUT2D eigenvalue weighted by molar-refractivity contribution is 8.16. The predicted molar refractivity (Wildman–Crippen MR) is 101 cm³/mol. The summed E-state index contributed by atoms with van der Waals surface area (Å²) in [6.07, 6.45) is 5.85. The van der Waals surface area contributed by atoms with Crippen molar-refractivity contribution >= 4 is 32.9 Å². The van der Waals surface area contributed by atoms with Crippen LogP contribution in [-0.2, 0) is 14.8 Å². The second-order valence-corrected chi connectivity index (χ2v) is 9.45. The van der Waals surface area contributed by atoms with Crippen molar-refractivity contribution in [3.63, 3.8) is 0 Å². The van der Waals surface area contributed by atoms with Gasteiger partial charge in [-0.2, -0.15) is 8.42 Å². The molecule has 25 heavy (non-hydrogen) atoms. The largest absolute Gasteiger partial charge is 0.287 e. The molecule has 1 aliphatic heterocycles.